The van der Waals surface area contributed by atoms with Crippen molar-refractivity contribution in [2.45, 2.75) is 5.03 Å². The van der Waals surface area contributed by atoms with Crippen molar-refractivity contribution in [3.8, 4) is 0 Å². The van der Waals surface area contributed by atoms with Gasteiger partial charge < -0.3 is 10.2 Å². The highest BCUT2D eigenvalue weighted by Gasteiger charge is 2.23. The molecule has 3 heterocycles. The summed E-state index contributed by atoms with van der Waals surface area (Å²) < 4.78 is 27.4. The first-order valence-corrected chi connectivity index (χ1v) is 8.15. The number of imidazole rings is 1. The number of nitrogens with zero attached hydrogens (tertiary/aromatic N) is 5. The van der Waals surface area contributed by atoms with Gasteiger partial charge in [-0.05, 0) is 0 Å². The van der Waals surface area contributed by atoms with Gasteiger partial charge in [-0.2, -0.15) is 0 Å². The van der Waals surface area contributed by atoms with Crippen LogP contribution in [-0.2, 0) is 10.0 Å². The Hall–Kier alpha value is -1.42. The lowest BCUT2D eigenvalue weighted by Gasteiger charge is -2.28. The number of hydrogen-bond acceptors (Lipinski definition) is 6. The van der Waals surface area contributed by atoms with Crippen LogP contribution in [0, 0.1) is 0 Å². The molecule has 0 bridgehead atoms. The van der Waals surface area contributed by atoms with Crippen LogP contribution in [0.4, 0.5) is 5.82 Å². The van der Waals surface area contributed by atoms with Crippen molar-refractivity contribution >= 4 is 33.9 Å². The van der Waals surface area contributed by atoms with Gasteiger partial charge in [-0.1, -0.05) is 0 Å². The quantitative estimate of drug-likeness (QED) is 0.829. The number of fused-ring (bicyclic) bond motifs is 1. The number of anilines is 1. The maximum atomic E-state index is 12.3. The Morgan fingerprint density at radius 2 is 1.86 bits per heavy atom. The normalized spacial score (nSPS) is 16.0. The maximum absolute atomic E-state index is 12.3. The topological polar surface area (TPSA) is 82.8 Å². The second-order valence-electron chi connectivity index (χ2n) is 5.09. The van der Waals surface area contributed by atoms with Gasteiger partial charge in [0.05, 0.1) is 18.6 Å². The largest absolute Gasteiger partial charge is 0.353 e. The molecule has 3 rings (SSSR count). The van der Waals surface area contributed by atoms with Gasteiger partial charge in [0.25, 0.3) is 10.0 Å². The van der Waals surface area contributed by atoms with Crippen LogP contribution in [0.1, 0.15) is 0 Å². The molecular formula is C12H19ClN6O2S. The van der Waals surface area contributed by atoms with Crippen LogP contribution in [0.15, 0.2) is 23.6 Å². The van der Waals surface area contributed by atoms with Crippen LogP contribution in [0.3, 0.4) is 0 Å². The highest BCUT2D eigenvalue weighted by molar-refractivity contribution is 7.89. The van der Waals surface area contributed by atoms with Crippen molar-refractivity contribution in [1.29, 1.82) is 0 Å². The Morgan fingerprint density at radius 3 is 2.50 bits per heavy atom. The van der Waals surface area contributed by atoms with Gasteiger partial charge in [-0.3, -0.25) is 4.40 Å². The van der Waals surface area contributed by atoms with Crippen LogP contribution < -0.4 is 10.2 Å². The highest BCUT2D eigenvalue weighted by atomic mass is 35.5. The Bertz CT molecular complexity index is 754. The van der Waals surface area contributed by atoms with Gasteiger partial charge in [0, 0.05) is 40.3 Å². The van der Waals surface area contributed by atoms with E-state index in [0.717, 1.165) is 32.0 Å². The third-order valence-corrected chi connectivity index (χ3v) is 5.33. The zero-order chi connectivity index (χ0) is 15.0. The second kappa shape index (κ2) is 6.37. The van der Waals surface area contributed by atoms with Gasteiger partial charge in [0.15, 0.2) is 10.7 Å². The first-order valence-electron chi connectivity index (χ1n) is 6.71. The molecule has 1 aliphatic rings. The van der Waals surface area contributed by atoms with Crippen LogP contribution in [0.25, 0.3) is 5.65 Å². The van der Waals surface area contributed by atoms with E-state index in [2.05, 4.69) is 20.2 Å². The second-order valence-corrected chi connectivity index (χ2v) is 7.19. The van der Waals surface area contributed by atoms with Crippen LogP contribution in [0.2, 0.25) is 0 Å². The molecule has 0 radical (unpaired) electrons. The predicted molar refractivity (Wildman–Crippen MR) is 86.2 cm³/mol. The third-order valence-electron chi connectivity index (χ3n) is 3.53. The average Bonchev–Trinajstić information content (AvgIpc) is 2.91. The first-order chi connectivity index (χ1) is 10.00. The van der Waals surface area contributed by atoms with Gasteiger partial charge in [-0.25, -0.2) is 22.7 Å². The van der Waals surface area contributed by atoms with Crippen molar-refractivity contribution in [3.05, 3.63) is 18.6 Å². The average molecular weight is 347 g/mol. The molecule has 0 unspecified atom stereocenters. The minimum atomic E-state index is -3.53. The molecule has 0 atom stereocenters. The fraction of sp³-hybridized carbons (Fsp3) is 0.500. The monoisotopic (exact) mass is 346 g/mol. The van der Waals surface area contributed by atoms with Gasteiger partial charge in [-0.15, -0.1) is 12.4 Å². The molecule has 8 nitrogen and oxygen atoms in total. The fourth-order valence-corrected chi connectivity index (χ4v) is 3.25. The number of piperazine rings is 1. The Kier molecular flexibility index (Phi) is 4.90. The number of rotatable bonds is 3. The number of halogens is 1. The van der Waals surface area contributed by atoms with Crippen LogP contribution >= 0.6 is 12.4 Å². The molecular weight excluding hydrogens is 328 g/mol. The summed E-state index contributed by atoms with van der Waals surface area (Å²) in [6.45, 7) is 3.49. The van der Waals surface area contributed by atoms with Crippen molar-refractivity contribution in [3.63, 3.8) is 0 Å². The van der Waals surface area contributed by atoms with E-state index in [1.807, 2.05) is 0 Å². The van der Waals surface area contributed by atoms with Crippen molar-refractivity contribution in [1.82, 2.24) is 24.0 Å². The van der Waals surface area contributed by atoms with E-state index < -0.39 is 10.0 Å². The lowest BCUT2D eigenvalue weighted by atomic mass is 10.3. The molecule has 122 valence electrons. The lowest BCUT2D eigenvalue weighted by molar-refractivity contribution is 0.515. The Morgan fingerprint density at radius 1 is 1.18 bits per heavy atom. The third kappa shape index (κ3) is 2.89. The van der Waals surface area contributed by atoms with Crippen LogP contribution in [0.5, 0.6) is 0 Å². The zero-order valence-corrected chi connectivity index (χ0v) is 14.1. The number of sulfonamides is 1. The van der Waals surface area contributed by atoms with Gasteiger partial charge in [0.1, 0.15) is 5.82 Å². The minimum Gasteiger partial charge on any atom is -0.353 e. The summed E-state index contributed by atoms with van der Waals surface area (Å²) in [6, 6.07) is 0. The minimum absolute atomic E-state index is 0. The van der Waals surface area contributed by atoms with Crippen LogP contribution in [-0.4, -0.2) is 67.4 Å². The van der Waals surface area contributed by atoms with Gasteiger partial charge >= 0.3 is 0 Å². The molecule has 0 aliphatic carbocycles. The Balaban J connectivity index is 0.00000176. The molecule has 0 aromatic carbocycles. The molecule has 0 saturated carbocycles. The molecule has 1 saturated heterocycles. The number of nitrogens with one attached hydrogen (secondary N) is 1. The van der Waals surface area contributed by atoms with E-state index in [0.29, 0.717) is 5.65 Å². The van der Waals surface area contributed by atoms with Crippen molar-refractivity contribution in [2.75, 3.05) is 45.2 Å². The molecule has 10 heteroatoms. The summed E-state index contributed by atoms with van der Waals surface area (Å²) in [6.07, 6.45) is 4.71. The lowest BCUT2D eigenvalue weighted by Crippen LogP contribution is -2.44. The summed E-state index contributed by atoms with van der Waals surface area (Å²) in [5.74, 6) is 0.761. The van der Waals surface area contributed by atoms with Crippen molar-refractivity contribution in [2.24, 2.45) is 0 Å². The summed E-state index contributed by atoms with van der Waals surface area (Å²) in [5.41, 5.74) is 0.523. The van der Waals surface area contributed by atoms with E-state index >= 15 is 0 Å². The van der Waals surface area contributed by atoms with E-state index in [4.69, 9.17) is 0 Å². The standard InChI is InChI=1S/C12H18N6O2S.ClH/c1-16(2)21(19,20)12-8-15-10-7-14-11(9-18(10)12)17-5-3-13-4-6-17;/h7-9,13H,3-6H2,1-2H3;1H. The zero-order valence-electron chi connectivity index (χ0n) is 12.4. The maximum Gasteiger partial charge on any atom is 0.260 e. The summed E-state index contributed by atoms with van der Waals surface area (Å²) in [5, 5.41) is 3.43. The summed E-state index contributed by atoms with van der Waals surface area (Å²) in [4.78, 5) is 10.6. The number of aromatic nitrogens is 3. The SMILES string of the molecule is CN(C)S(=O)(=O)c1cnc2cnc(N3CCNCC3)cn12.Cl. The summed E-state index contributed by atoms with van der Waals surface area (Å²) >= 11 is 0. The molecule has 0 spiro atoms. The molecule has 22 heavy (non-hydrogen) atoms. The molecule has 2 aromatic rings. The first kappa shape index (κ1) is 16.9. The van der Waals surface area contributed by atoms with E-state index in [1.165, 1.54) is 24.6 Å². The highest BCUT2D eigenvalue weighted by Crippen LogP contribution is 2.18. The number of hydrogen-bond donors (Lipinski definition) is 1. The fourth-order valence-electron chi connectivity index (χ4n) is 2.29. The molecule has 1 fully saturated rings. The molecule has 1 N–H and O–H groups in total. The summed E-state index contributed by atoms with van der Waals surface area (Å²) in [7, 11) is -0.518. The van der Waals surface area contributed by atoms with E-state index in [1.54, 1.807) is 16.8 Å². The predicted octanol–water partition coefficient (Wildman–Crippen LogP) is -0.189. The molecule has 2 aromatic heterocycles. The smallest absolute Gasteiger partial charge is 0.260 e. The molecule has 1 aliphatic heterocycles. The van der Waals surface area contributed by atoms with Gasteiger partial charge in [0.2, 0.25) is 0 Å². The molecule has 0 amide bonds. The van der Waals surface area contributed by atoms with Crippen molar-refractivity contribution < 1.29 is 8.42 Å². The Labute approximate surface area is 135 Å². The van der Waals surface area contributed by atoms with E-state index in [9.17, 15) is 8.42 Å². The van der Waals surface area contributed by atoms with E-state index in [-0.39, 0.29) is 17.4 Å².